The minimum absolute atomic E-state index is 0.173. The van der Waals surface area contributed by atoms with Gasteiger partial charge in [-0.05, 0) is 44.2 Å². The first-order valence-electron chi connectivity index (χ1n) is 5.93. The Kier molecular flexibility index (Phi) is 4.11. The lowest BCUT2D eigenvalue weighted by Gasteiger charge is -2.12. The molecule has 2 aromatic carbocycles. The highest BCUT2D eigenvalue weighted by Crippen LogP contribution is 2.23. The van der Waals surface area contributed by atoms with Crippen molar-refractivity contribution in [3.05, 3.63) is 53.6 Å². The van der Waals surface area contributed by atoms with E-state index in [0.29, 0.717) is 0 Å². The fraction of sp³-hybridized carbons (Fsp3) is 0.200. The summed E-state index contributed by atoms with van der Waals surface area (Å²) in [5.41, 5.74) is 1.94. The van der Waals surface area contributed by atoms with Crippen LogP contribution >= 0.6 is 11.6 Å². The molecule has 2 rings (SSSR count). The van der Waals surface area contributed by atoms with E-state index >= 15 is 0 Å². The summed E-state index contributed by atoms with van der Waals surface area (Å²) in [4.78, 5) is 0. The second-order valence-corrected chi connectivity index (χ2v) is 4.77. The van der Waals surface area contributed by atoms with Gasteiger partial charge in [-0.3, -0.25) is 0 Å². The molecule has 0 spiro atoms. The van der Waals surface area contributed by atoms with Crippen LogP contribution in [-0.2, 0) is 0 Å². The van der Waals surface area contributed by atoms with Gasteiger partial charge >= 0.3 is 0 Å². The van der Waals surface area contributed by atoms with Crippen molar-refractivity contribution in [3.63, 3.8) is 0 Å². The SMILES string of the molecule is CC(C)Oc1cccc(Nc2cccc(Cl)c2)c1. The third kappa shape index (κ3) is 3.67. The molecule has 0 aliphatic heterocycles. The van der Waals surface area contributed by atoms with Crippen molar-refractivity contribution in [2.75, 3.05) is 5.32 Å². The van der Waals surface area contributed by atoms with Gasteiger partial charge in [0.2, 0.25) is 0 Å². The molecule has 0 fully saturated rings. The summed E-state index contributed by atoms with van der Waals surface area (Å²) in [6.45, 7) is 4.02. The van der Waals surface area contributed by atoms with E-state index in [1.165, 1.54) is 0 Å². The summed E-state index contributed by atoms with van der Waals surface area (Å²) in [7, 11) is 0. The van der Waals surface area contributed by atoms with Crippen LogP contribution in [0.15, 0.2) is 48.5 Å². The molecule has 0 unspecified atom stereocenters. The predicted molar refractivity (Wildman–Crippen MR) is 76.9 cm³/mol. The molecule has 0 saturated carbocycles. The molecule has 0 radical (unpaired) electrons. The molecule has 0 amide bonds. The molecule has 0 atom stereocenters. The molecule has 1 N–H and O–H groups in total. The van der Waals surface area contributed by atoms with Gasteiger partial charge in [0, 0.05) is 22.5 Å². The van der Waals surface area contributed by atoms with Gasteiger partial charge in [0.25, 0.3) is 0 Å². The van der Waals surface area contributed by atoms with E-state index in [9.17, 15) is 0 Å². The van der Waals surface area contributed by atoms with Crippen LogP contribution in [0.4, 0.5) is 11.4 Å². The van der Waals surface area contributed by atoms with Crippen LogP contribution in [0.3, 0.4) is 0 Å². The Morgan fingerprint density at radius 1 is 1.00 bits per heavy atom. The zero-order valence-electron chi connectivity index (χ0n) is 10.5. The first kappa shape index (κ1) is 12.8. The topological polar surface area (TPSA) is 21.3 Å². The molecule has 3 heteroatoms. The number of hydrogen-bond donors (Lipinski definition) is 1. The van der Waals surface area contributed by atoms with Crippen molar-refractivity contribution in [2.24, 2.45) is 0 Å². The Bertz CT molecular complexity index is 525. The first-order chi connectivity index (χ1) is 8.63. The summed E-state index contributed by atoms with van der Waals surface area (Å²) in [6, 6.07) is 15.5. The van der Waals surface area contributed by atoms with E-state index in [1.54, 1.807) is 0 Å². The molecule has 2 nitrogen and oxygen atoms in total. The largest absolute Gasteiger partial charge is 0.491 e. The molecule has 0 aliphatic carbocycles. The third-order valence-electron chi connectivity index (χ3n) is 2.32. The quantitative estimate of drug-likeness (QED) is 0.848. The molecule has 0 bridgehead atoms. The van der Waals surface area contributed by atoms with Gasteiger partial charge in [0.1, 0.15) is 5.75 Å². The van der Waals surface area contributed by atoms with Crippen LogP contribution in [0.2, 0.25) is 5.02 Å². The van der Waals surface area contributed by atoms with Crippen molar-refractivity contribution in [2.45, 2.75) is 20.0 Å². The molecule has 18 heavy (non-hydrogen) atoms. The van der Waals surface area contributed by atoms with Crippen molar-refractivity contribution in [1.82, 2.24) is 0 Å². The maximum atomic E-state index is 5.95. The van der Waals surface area contributed by atoms with Crippen LogP contribution in [-0.4, -0.2) is 6.10 Å². The summed E-state index contributed by atoms with van der Waals surface area (Å²) in [6.07, 6.45) is 0.173. The average Bonchev–Trinajstić information content (AvgIpc) is 2.28. The van der Waals surface area contributed by atoms with Gasteiger partial charge in [-0.15, -0.1) is 0 Å². The average molecular weight is 262 g/mol. The van der Waals surface area contributed by atoms with Crippen molar-refractivity contribution in [1.29, 1.82) is 0 Å². The number of halogens is 1. The van der Waals surface area contributed by atoms with E-state index in [2.05, 4.69) is 5.32 Å². The van der Waals surface area contributed by atoms with Gasteiger partial charge in [0.05, 0.1) is 6.10 Å². The van der Waals surface area contributed by atoms with Gasteiger partial charge in [-0.2, -0.15) is 0 Å². The van der Waals surface area contributed by atoms with E-state index in [4.69, 9.17) is 16.3 Å². The second-order valence-electron chi connectivity index (χ2n) is 4.33. The Hall–Kier alpha value is -1.67. The summed E-state index contributed by atoms with van der Waals surface area (Å²) in [5.74, 6) is 0.858. The minimum atomic E-state index is 0.173. The predicted octanol–water partition coefficient (Wildman–Crippen LogP) is 4.87. The zero-order valence-corrected chi connectivity index (χ0v) is 11.2. The monoisotopic (exact) mass is 261 g/mol. The maximum absolute atomic E-state index is 5.95. The maximum Gasteiger partial charge on any atom is 0.121 e. The Labute approximate surface area is 113 Å². The number of rotatable bonds is 4. The number of benzene rings is 2. The molecule has 0 aromatic heterocycles. The molecule has 0 heterocycles. The lowest BCUT2D eigenvalue weighted by Crippen LogP contribution is -2.05. The Morgan fingerprint density at radius 3 is 2.33 bits per heavy atom. The fourth-order valence-corrected chi connectivity index (χ4v) is 1.84. The number of anilines is 2. The van der Waals surface area contributed by atoms with Crippen LogP contribution in [0.1, 0.15) is 13.8 Å². The molecular formula is C15H16ClNO. The molecule has 2 aromatic rings. The van der Waals surface area contributed by atoms with Crippen LogP contribution in [0.5, 0.6) is 5.75 Å². The van der Waals surface area contributed by atoms with E-state index in [1.807, 2.05) is 62.4 Å². The highest BCUT2D eigenvalue weighted by Gasteiger charge is 2.00. The summed E-state index contributed by atoms with van der Waals surface area (Å²) >= 11 is 5.95. The second kappa shape index (κ2) is 5.78. The van der Waals surface area contributed by atoms with Gasteiger partial charge in [-0.25, -0.2) is 0 Å². The van der Waals surface area contributed by atoms with Gasteiger partial charge in [-0.1, -0.05) is 23.7 Å². The minimum Gasteiger partial charge on any atom is -0.491 e. The lowest BCUT2D eigenvalue weighted by atomic mass is 10.2. The first-order valence-corrected chi connectivity index (χ1v) is 6.30. The molecule has 0 aliphatic rings. The van der Waals surface area contributed by atoms with Crippen molar-refractivity contribution in [3.8, 4) is 5.75 Å². The number of nitrogens with one attached hydrogen (secondary N) is 1. The highest BCUT2D eigenvalue weighted by molar-refractivity contribution is 6.30. The Balaban J connectivity index is 2.14. The molecule has 94 valence electrons. The zero-order chi connectivity index (χ0) is 13.0. The van der Waals surface area contributed by atoms with E-state index < -0.39 is 0 Å². The van der Waals surface area contributed by atoms with Gasteiger partial charge < -0.3 is 10.1 Å². The van der Waals surface area contributed by atoms with Gasteiger partial charge in [0.15, 0.2) is 0 Å². The van der Waals surface area contributed by atoms with Crippen LogP contribution in [0.25, 0.3) is 0 Å². The smallest absolute Gasteiger partial charge is 0.121 e. The van der Waals surface area contributed by atoms with E-state index in [-0.39, 0.29) is 6.10 Å². The summed E-state index contributed by atoms with van der Waals surface area (Å²) < 4.78 is 5.65. The standard InChI is InChI=1S/C15H16ClNO/c1-11(2)18-15-8-4-7-14(10-15)17-13-6-3-5-12(16)9-13/h3-11,17H,1-2H3. The van der Waals surface area contributed by atoms with Crippen molar-refractivity contribution < 1.29 is 4.74 Å². The fourth-order valence-electron chi connectivity index (χ4n) is 1.65. The van der Waals surface area contributed by atoms with Crippen molar-refractivity contribution >= 4 is 23.0 Å². The number of hydrogen-bond acceptors (Lipinski definition) is 2. The molecule has 0 saturated heterocycles. The Morgan fingerprint density at radius 2 is 1.67 bits per heavy atom. The van der Waals surface area contributed by atoms with Crippen LogP contribution < -0.4 is 10.1 Å². The lowest BCUT2D eigenvalue weighted by molar-refractivity contribution is 0.242. The number of ether oxygens (including phenoxy) is 1. The summed E-state index contributed by atoms with van der Waals surface area (Å²) in [5, 5.41) is 4.01. The third-order valence-corrected chi connectivity index (χ3v) is 2.55. The van der Waals surface area contributed by atoms with Crippen LogP contribution in [0, 0.1) is 0 Å². The highest BCUT2D eigenvalue weighted by atomic mass is 35.5. The van der Waals surface area contributed by atoms with E-state index in [0.717, 1.165) is 22.1 Å². The normalized spacial score (nSPS) is 10.4. The molecular weight excluding hydrogens is 246 g/mol.